The summed E-state index contributed by atoms with van der Waals surface area (Å²) in [5.74, 6) is 0.233. The lowest BCUT2D eigenvalue weighted by Gasteiger charge is -2.33. The van der Waals surface area contributed by atoms with Crippen LogP contribution in [0.15, 0.2) is 0 Å². The van der Waals surface area contributed by atoms with Crippen LogP contribution in [0.1, 0.15) is 41.0 Å². The number of hydrogen-bond acceptors (Lipinski definition) is 7. The van der Waals surface area contributed by atoms with Crippen LogP contribution in [0.5, 0.6) is 0 Å². The van der Waals surface area contributed by atoms with Crippen LogP contribution in [0.4, 0.5) is 0 Å². The third kappa shape index (κ3) is 5.06. The molecule has 1 aromatic rings. The van der Waals surface area contributed by atoms with Gasteiger partial charge in [-0.2, -0.15) is 0 Å². The lowest BCUT2D eigenvalue weighted by molar-refractivity contribution is -0.126. The Balaban J connectivity index is 1.39. The van der Waals surface area contributed by atoms with E-state index in [-0.39, 0.29) is 17.7 Å². The number of rotatable bonds is 5. The van der Waals surface area contributed by atoms with Gasteiger partial charge in [-0.15, -0.1) is 5.10 Å². The third-order valence-electron chi connectivity index (χ3n) is 5.61. The molecule has 11 heteroatoms. The van der Waals surface area contributed by atoms with E-state index in [4.69, 9.17) is 0 Å². The highest BCUT2D eigenvalue weighted by Gasteiger charge is 2.30. The first-order valence-electron chi connectivity index (χ1n) is 9.56. The van der Waals surface area contributed by atoms with Crippen molar-refractivity contribution in [2.24, 2.45) is 11.8 Å². The van der Waals surface area contributed by atoms with Gasteiger partial charge in [-0.3, -0.25) is 9.59 Å². The molecule has 156 valence electrons. The SMILES string of the molecule is Cc1nnsc1C(=O)N1CCC(CNC(=O)C2CCN(S(C)(=O)=O)CC2)CC1. The van der Waals surface area contributed by atoms with E-state index in [0.717, 1.165) is 24.4 Å². The van der Waals surface area contributed by atoms with Crippen LogP contribution >= 0.6 is 11.5 Å². The first-order chi connectivity index (χ1) is 13.3. The molecule has 1 aromatic heterocycles. The quantitative estimate of drug-likeness (QED) is 0.729. The summed E-state index contributed by atoms with van der Waals surface area (Å²) in [5.41, 5.74) is 0.673. The number of piperidine rings is 2. The fourth-order valence-corrected chi connectivity index (χ4v) is 5.25. The molecule has 2 saturated heterocycles. The molecule has 0 aliphatic carbocycles. The Hall–Kier alpha value is -1.59. The summed E-state index contributed by atoms with van der Waals surface area (Å²) in [6.07, 6.45) is 4.03. The summed E-state index contributed by atoms with van der Waals surface area (Å²) in [5, 5.41) is 6.92. The molecule has 9 nitrogen and oxygen atoms in total. The van der Waals surface area contributed by atoms with E-state index in [2.05, 4.69) is 14.9 Å². The maximum atomic E-state index is 12.5. The third-order valence-corrected chi connectivity index (χ3v) is 7.73. The second-order valence-electron chi connectivity index (χ2n) is 7.60. The highest BCUT2D eigenvalue weighted by atomic mass is 32.2. The van der Waals surface area contributed by atoms with E-state index in [0.29, 0.717) is 62.1 Å². The number of nitrogens with zero attached hydrogens (tertiary/aromatic N) is 4. The Labute approximate surface area is 169 Å². The number of nitrogens with one attached hydrogen (secondary N) is 1. The summed E-state index contributed by atoms with van der Waals surface area (Å²) in [6.45, 7) is 4.55. The van der Waals surface area contributed by atoms with Gasteiger partial charge in [-0.25, -0.2) is 12.7 Å². The standard InChI is InChI=1S/C17H27N5O4S2/c1-12-15(27-20-19-12)17(24)21-7-3-13(4-8-21)11-18-16(23)14-5-9-22(10-6-14)28(2,25)26/h13-14H,3-11H2,1-2H3,(H,18,23). The molecule has 0 aromatic carbocycles. The van der Waals surface area contributed by atoms with Gasteiger partial charge in [0.15, 0.2) is 0 Å². The second kappa shape index (κ2) is 8.83. The molecule has 0 unspecified atom stereocenters. The Morgan fingerprint density at radius 2 is 1.79 bits per heavy atom. The molecule has 0 atom stereocenters. The summed E-state index contributed by atoms with van der Waals surface area (Å²) in [4.78, 5) is 27.3. The van der Waals surface area contributed by atoms with Crippen molar-refractivity contribution >= 4 is 33.4 Å². The molecule has 0 bridgehead atoms. The molecule has 0 spiro atoms. The number of likely N-dealkylation sites (tertiary alicyclic amines) is 1. The Bertz CT molecular complexity index is 809. The first-order valence-corrected chi connectivity index (χ1v) is 12.2. The van der Waals surface area contributed by atoms with Gasteiger partial charge in [0.25, 0.3) is 5.91 Å². The van der Waals surface area contributed by atoms with Gasteiger partial charge < -0.3 is 10.2 Å². The molecule has 2 aliphatic rings. The minimum atomic E-state index is -3.17. The summed E-state index contributed by atoms with van der Waals surface area (Å²) < 4.78 is 28.4. The van der Waals surface area contributed by atoms with Crippen molar-refractivity contribution in [2.45, 2.75) is 32.6 Å². The van der Waals surface area contributed by atoms with E-state index >= 15 is 0 Å². The Morgan fingerprint density at radius 3 is 2.32 bits per heavy atom. The number of carbonyl (C=O) groups is 2. The molecular formula is C17H27N5O4S2. The minimum absolute atomic E-state index is 0.00683. The van der Waals surface area contributed by atoms with Crippen molar-refractivity contribution in [1.82, 2.24) is 24.1 Å². The van der Waals surface area contributed by atoms with Crippen molar-refractivity contribution in [3.63, 3.8) is 0 Å². The maximum absolute atomic E-state index is 12.5. The van der Waals surface area contributed by atoms with Gasteiger partial charge in [0.1, 0.15) is 4.88 Å². The molecule has 2 amide bonds. The average Bonchev–Trinajstić information content (AvgIpc) is 3.11. The highest BCUT2D eigenvalue weighted by Crippen LogP contribution is 2.22. The topological polar surface area (TPSA) is 113 Å². The monoisotopic (exact) mass is 429 g/mol. The zero-order valence-corrected chi connectivity index (χ0v) is 17.9. The summed E-state index contributed by atoms with van der Waals surface area (Å²) in [6, 6.07) is 0. The van der Waals surface area contributed by atoms with Crippen LogP contribution < -0.4 is 5.32 Å². The normalized spacial score (nSPS) is 20.3. The van der Waals surface area contributed by atoms with E-state index in [1.54, 1.807) is 6.92 Å². The van der Waals surface area contributed by atoms with E-state index in [1.165, 1.54) is 10.6 Å². The highest BCUT2D eigenvalue weighted by molar-refractivity contribution is 7.88. The molecular weight excluding hydrogens is 402 g/mol. The molecule has 2 aliphatic heterocycles. The fourth-order valence-electron chi connectivity index (χ4n) is 3.75. The lowest BCUT2D eigenvalue weighted by atomic mass is 9.94. The molecule has 0 radical (unpaired) electrons. The molecule has 3 heterocycles. The largest absolute Gasteiger partial charge is 0.356 e. The zero-order valence-electron chi connectivity index (χ0n) is 16.3. The lowest BCUT2D eigenvalue weighted by Crippen LogP contribution is -2.45. The first kappa shape index (κ1) is 21.1. The van der Waals surface area contributed by atoms with Crippen molar-refractivity contribution in [3.05, 3.63) is 10.6 Å². The van der Waals surface area contributed by atoms with Crippen LogP contribution in [0.3, 0.4) is 0 Å². The number of sulfonamides is 1. The van der Waals surface area contributed by atoms with Gasteiger partial charge in [0.2, 0.25) is 15.9 Å². The van der Waals surface area contributed by atoms with Crippen LogP contribution in [0, 0.1) is 18.8 Å². The van der Waals surface area contributed by atoms with Crippen LogP contribution in [-0.2, 0) is 14.8 Å². The number of carbonyl (C=O) groups excluding carboxylic acids is 2. The van der Waals surface area contributed by atoms with Crippen LogP contribution in [-0.4, -0.2) is 78.0 Å². The molecule has 0 saturated carbocycles. The molecule has 1 N–H and O–H groups in total. The van der Waals surface area contributed by atoms with Gasteiger partial charge in [-0.1, -0.05) is 4.49 Å². The summed E-state index contributed by atoms with van der Waals surface area (Å²) in [7, 11) is -3.17. The minimum Gasteiger partial charge on any atom is -0.356 e. The summed E-state index contributed by atoms with van der Waals surface area (Å²) >= 11 is 1.13. The number of hydrogen-bond donors (Lipinski definition) is 1. The Kier molecular flexibility index (Phi) is 6.66. The molecule has 2 fully saturated rings. The number of aryl methyl sites for hydroxylation is 1. The Morgan fingerprint density at radius 1 is 1.14 bits per heavy atom. The van der Waals surface area contributed by atoms with Crippen molar-refractivity contribution < 1.29 is 18.0 Å². The van der Waals surface area contributed by atoms with Gasteiger partial charge in [0, 0.05) is 38.6 Å². The zero-order chi connectivity index (χ0) is 20.3. The number of aromatic nitrogens is 2. The predicted octanol–water partition coefficient (Wildman–Crippen LogP) is 0.487. The van der Waals surface area contributed by atoms with Crippen molar-refractivity contribution in [2.75, 3.05) is 39.0 Å². The second-order valence-corrected chi connectivity index (χ2v) is 10.3. The van der Waals surface area contributed by atoms with Crippen molar-refractivity contribution in [3.8, 4) is 0 Å². The predicted molar refractivity (Wildman–Crippen MR) is 105 cm³/mol. The number of amides is 2. The van der Waals surface area contributed by atoms with E-state index < -0.39 is 10.0 Å². The average molecular weight is 430 g/mol. The van der Waals surface area contributed by atoms with Gasteiger partial charge in [0.05, 0.1) is 11.9 Å². The van der Waals surface area contributed by atoms with E-state index in [1.807, 2.05) is 4.90 Å². The van der Waals surface area contributed by atoms with Crippen LogP contribution in [0.25, 0.3) is 0 Å². The maximum Gasteiger partial charge on any atom is 0.267 e. The van der Waals surface area contributed by atoms with Gasteiger partial charge >= 0.3 is 0 Å². The van der Waals surface area contributed by atoms with Crippen LogP contribution in [0.2, 0.25) is 0 Å². The fraction of sp³-hybridized carbons (Fsp3) is 0.765. The van der Waals surface area contributed by atoms with Crippen molar-refractivity contribution in [1.29, 1.82) is 0 Å². The van der Waals surface area contributed by atoms with Gasteiger partial charge in [-0.05, 0) is 50.1 Å². The molecule has 3 rings (SSSR count). The smallest absolute Gasteiger partial charge is 0.267 e. The van der Waals surface area contributed by atoms with E-state index in [9.17, 15) is 18.0 Å². The molecule has 28 heavy (non-hydrogen) atoms.